The van der Waals surface area contributed by atoms with E-state index in [1.807, 2.05) is 0 Å². The Balaban J connectivity index is 1.75. The van der Waals surface area contributed by atoms with Crippen molar-refractivity contribution in [3.8, 4) is 0 Å². The number of rotatable bonds is 9. The molecule has 2 atom stereocenters. The van der Waals surface area contributed by atoms with Gasteiger partial charge in [-0.05, 0) is 6.42 Å². The average Bonchev–Trinajstić information content (AvgIpc) is 2.99. The van der Waals surface area contributed by atoms with Crippen molar-refractivity contribution in [3.05, 3.63) is 0 Å². The molecule has 1 saturated heterocycles. The maximum atomic E-state index is 9.50. The van der Waals surface area contributed by atoms with Gasteiger partial charge in [-0.25, -0.2) is 0 Å². The lowest BCUT2D eigenvalue weighted by Gasteiger charge is -2.06. The largest absolute Gasteiger partial charge is 0.390 e. The van der Waals surface area contributed by atoms with Crippen LogP contribution >= 0.6 is 0 Å². The van der Waals surface area contributed by atoms with E-state index >= 15 is 0 Å². The second kappa shape index (κ2) is 7.24. The first kappa shape index (κ1) is 12.0. The van der Waals surface area contributed by atoms with Gasteiger partial charge in [0.25, 0.3) is 0 Å². The van der Waals surface area contributed by atoms with E-state index in [1.54, 1.807) is 0 Å². The molecule has 1 fully saturated rings. The molecule has 1 rings (SSSR count). The van der Waals surface area contributed by atoms with Crippen LogP contribution in [-0.4, -0.2) is 23.9 Å². The second-order valence-corrected chi connectivity index (χ2v) is 4.35. The number of unbranched alkanes of at least 4 members (excludes halogenated alkanes) is 6. The zero-order chi connectivity index (χ0) is 10.2. The van der Waals surface area contributed by atoms with Gasteiger partial charge in [-0.2, -0.15) is 0 Å². The Kier molecular flexibility index (Phi) is 6.20. The van der Waals surface area contributed by atoms with Crippen molar-refractivity contribution < 1.29 is 9.84 Å². The lowest BCUT2D eigenvalue weighted by atomic mass is 10.1. The van der Waals surface area contributed by atoms with Gasteiger partial charge in [0, 0.05) is 0 Å². The molecule has 1 aliphatic heterocycles. The van der Waals surface area contributed by atoms with E-state index in [1.165, 1.54) is 38.5 Å². The van der Waals surface area contributed by atoms with Crippen LogP contribution in [0.3, 0.4) is 0 Å². The Hall–Kier alpha value is -0.0800. The van der Waals surface area contributed by atoms with E-state index in [2.05, 4.69) is 6.92 Å². The molecule has 0 aromatic rings. The third-order valence-electron chi connectivity index (χ3n) is 2.89. The topological polar surface area (TPSA) is 32.8 Å². The van der Waals surface area contributed by atoms with E-state index in [0.29, 0.717) is 0 Å². The Morgan fingerprint density at radius 1 is 1.14 bits per heavy atom. The highest BCUT2D eigenvalue weighted by Gasteiger charge is 2.30. The van der Waals surface area contributed by atoms with Gasteiger partial charge in [-0.1, -0.05) is 51.9 Å². The van der Waals surface area contributed by atoms with Crippen LogP contribution in [0.15, 0.2) is 0 Å². The third kappa shape index (κ3) is 5.61. The zero-order valence-corrected chi connectivity index (χ0v) is 9.37. The lowest BCUT2D eigenvalue weighted by molar-refractivity contribution is 0.123. The molecule has 0 aromatic heterocycles. The summed E-state index contributed by atoms with van der Waals surface area (Å²) in [6, 6.07) is 0. The van der Waals surface area contributed by atoms with Crippen molar-refractivity contribution in [2.24, 2.45) is 0 Å². The van der Waals surface area contributed by atoms with Gasteiger partial charge in [0.1, 0.15) is 6.10 Å². The number of aliphatic hydroxyl groups is 1. The summed E-state index contributed by atoms with van der Waals surface area (Å²) in [4.78, 5) is 0. The maximum absolute atomic E-state index is 9.50. The Morgan fingerprint density at radius 2 is 1.71 bits per heavy atom. The summed E-state index contributed by atoms with van der Waals surface area (Å²) in [5, 5.41) is 9.50. The summed E-state index contributed by atoms with van der Waals surface area (Å²) < 4.78 is 5.03. The first-order chi connectivity index (χ1) is 6.84. The molecule has 2 heteroatoms. The van der Waals surface area contributed by atoms with Crippen molar-refractivity contribution in [2.75, 3.05) is 6.61 Å². The van der Waals surface area contributed by atoms with Crippen molar-refractivity contribution >= 4 is 0 Å². The van der Waals surface area contributed by atoms with Crippen LogP contribution in [0.1, 0.15) is 58.3 Å². The molecule has 1 N–H and O–H groups in total. The number of ether oxygens (including phenoxy) is 1. The van der Waals surface area contributed by atoms with Crippen LogP contribution in [0.4, 0.5) is 0 Å². The fourth-order valence-electron chi connectivity index (χ4n) is 1.77. The standard InChI is InChI=1S/C12H24O2/c1-2-3-4-5-6-7-8-9-11(13)12-10-14-12/h11-13H,2-10H2,1H3. The molecule has 0 bridgehead atoms. The monoisotopic (exact) mass is 200 g/mol. The minimum absolute atomic E-state index is 0.176. The van der Waals surface area contributed by atoms with Crippen LogP contribution < -0.4 is 0 Å². The van der Waals surface area contributed by atoms with E-state index in [0.717, 1.165) is 19.4 Å². The summed E-state index contributed by atoms with van der Waals surface area (Å²) >= 11 is 0. The number of aliphatic hydroxyl groups excluding tert-OH is 1. The summed E-state index contributed by atoms with van der Waals surface area (Å²) in [5.74, 6) is 0. The Labute approximate surface area is 87.7 Å². The van der Waals surface area contributed by atoms with Crippen LogP contribution in [-0.2, 0) is 4.74 Å². The van der Waals surface area contributed by atoms with Gasteiger partial charge in [0.15, 0.2) is 0 Å². The second-order valence-electron chi connectivity index (χ2n) is 4.35. The molecule has 0 spiro atoms. The minimum atomic E-state index is -0.189. The predicted octanol–water partition coefficient (Wildman–Crippen LogP) is 2.89. The minimum Gasteiger partial charge on any atom is -0.390 e. The summed E-state index contributed by atoms with van der Waals surface area (Å²) in [6.07, 6.45) is 10.1. The molecular weight excluding hydrogens is 176 g/mol. The molecule has 84 valence electrons. The highest BCUT2D eigenvalue weighted by Crippen LogP contribution is 2.19. The summed E-state index contributed by atoms with van der Waals surface area (Å²) in [6.45, 7) is 3.02. The van der Waals surface area contributed by atoms with Crippen LogP contribution in [0, 0.1) is 0 Å². The Bertz CT molecular complexity index is 132. The molecular formula is C12H24O2. The lowest BCUT2D eigenvalue weighted by Crippen LogP contribution is -2.13. The molecule has 0 aromatic carbocycles. The fourth-order valence-corrected chi connectivity index (χ4v) is 1.77. The van der Waals surface area contributed by atoms with E-state index in [4.69, 9.17) is 4.74 Å². The fraction of sp³-hybridized carbons (Fsp3) is 1.00. The van der Waals surface area contributed by atoms with Crippen LogP contribution in [0.2, 0.25) is 0 Å². The molecule has 1 aliphatic rings. The maximum Gasteiger partial charge on any atom is 0.107 e. The number of hydrogen-bond donors (Lipinski definition) is 1. The highest BCUT2D eigenvalue weighted by molar-refractivity contribution is 4.77. The Morgan fingerprint density at radius 3 is 2.29 bits per heavy atom. The molecule has 0 radical (unpaired) electrons. The SMILES string of the molecule is CCCCCCCCCC(O)C1CO1. The zero-order valence-electron chi connectivity index (χ0n) is 9.37. The molecule has 0 aliphatic carbocycles. The van der Waals surface area contributed by atoms with E-state index in [9.17, 15) is 5.11 Å². The van der Waals surface area contributed by atoms with E-state index < -0.39 is 0 Å². The van der Waals surface area contributed by atoms with Crippen molar-refractivity contribution in [2.45, 2.75) is 70.5 Å². The van der Waals surface area contributed by atoms with Gasteiger partial charge in [-0.15, -0.1) is 0 Å². The van der Waals surface area contributed by atoms with Gasteiger partial charge in [-0.3, -0.25) is 0 Å². The first-order valence-corrected chi connectivity index (χ1v) is 6.14. The molecule has 14 heavy (non-hydrogen) atoms. The summed E-state index contributed by atoms with van der Waals surface area (Å²) in [5.41, 5.74) is 0. The van der Waals surface area contributed by atoms with Crippen LogP contribution in [0.25, 0.3) is 0 Å². The first-order valence-electron chi connectivity index (χ1n) is 6.14. The number of hydrogen-bond acceptors (Lipinski definition) is 2. The quantitative estimate of drug-likeness (QED) is 0.458. The van der Waals surface area contributed by atoms with Crippen LogP contribution in [0.5, 0.6) is 0 Å². The van der Waals surface area contributed by atoms with Crippen molar-refractivity contribution in [3.63, 3.8) is 0 Å². The number of epoxide rings is 1. The molecule has 0 amide bonds. The van der Waals surface area contributed by atoms with Crippen molar-refractivity contribution in [1.29, 1.82) is 0 Å². The highest BCUT2D eigenvalue weighted by atomic mass is 16.6. The van der Waals surface area contributed by atoms with Gasteiger partial charge in [0.05, 0.1) is 12.7 Å². The smallest absolute Gasteiger partial charge is 0.107 e. The van der Waals surface area contributed by atoms with Gasteiger partial charge >= 0.3 is 0 Å². The predicted molar refractivity (Wildman–Crippen MR) is 58.4 cm³/mol. The van der Waals surface area contributed by atoms with Gasteiger partial charge in [0.2, 0.25) is 0 Å². The molecule has 2 nitrogen and oxygen atoms in total. The average molecular weight is 200 g/mol. The molecule has 0 saturated carbocycles. The van der Waals surface area contributed by atoms with Gasteiger partial charge < -0.3 is 9.84 Å². The van der Waals surface area contributed by atoms with Crippen molar-refractivity contribution in [1.82, 2.24) is 0 Å². The normalized spacial score (nSPS) is 22.3. The van der Waals surface area contributed by atoms with E-state index in [-0.39, 0.29) is 12.2 Å². The summed E-state index contributed by atoms with van der Waals surface area (Å²) in [7, 11) is 0. The molecule has 1 heterocycles. The molecule has 2 unspecified atom stereocenters. The third-order valence-corrected chi connectivity index (χ3v) is 2.89.